The molecule has 148 valence electrons. The van der Waals surface area contributed by atoms with Crippen LogP contribution in [0.2, 0.25) is 0 Å². The van der Waals surface area contributed by atoms with Crippen molar-refractivity contribution in [2.75, 3.05) is 18.9 Å². The Morgan fingerprint density at radius 3 is 2.76 bits per heavy atom. The van der Waals surface area contributed by atoms with E-state index in [1.165, 1.54) is 27.3 Å². The second-order valence-corrected chi connectivity index (χ2v) is 9.77. The molecule has 0 saturated heterocycles. The van der Waals surface area contributed by atoms with Crippen LogP contribution in [0.1, 0.15) is 35.9 Å². The molecule has 1 aliphatic rings. The number of nitrogens with one attached hydrogen (secondary N) is 1. The van der Waals surface area contributed by atoms with Crippen molar-refractivity contribution in [3.8, 4) is 11.1 Å². The van der Waals surface area contributed by atoms with E-state index in [9.17, 15) is 0 Å². The zero-order valence-electron chi connectivity index (χ0n) is 16.8. The van der Waals surface area contributed by atoms with Crippen molar-refractivity contribution in [2.24, 2.45) is 0 Å². The monoisotopic (exact) mass is 421 g/mol. The van der Waals surface area contributed by atoms with Gasteiger partial charge in [0.25, 0.3) is 0 Å². The summed E-state index contributed by atoms with van der Waals surface area (Å²) in [5.41, 5.74) is 4.93. The zero-order chi connectivity index (χ0) is 20.0. The molecule has 0 amide bonds. The minimum atomic E-state index is 0.527. The topological polar surface area (TPSA) is 53.9 Å². The first-order valence-corrected chi connectivity index (χ1v) is 11.5. The summed E-state index contributed by atoms with van der Waals surface area (Å²) in [7, 11) is 2.16. The molecular formula is C22H23N5S2. The third-order valence-corrected chi connectivity index (χ3v) is 7.29. The summed E-state index contributed by atoms with van der Waals surface area (Å²) in [4.78, 5) is 18.6. The highest BCUT2D eigenvalue weighted by molar-refractivity contribution is 7.17. The van der Waals surface area contributed by atoms with Gasteiger partial charge in [0, 0.05) is 35.3 Å². The maximum atomic E-state index is 4.83. The lowest BCUT2D eigenvalue weighted by Crippen LogP contribution is -2.25. The Morgan fingerprint density at radius 1 is 1.14 bits per heavy atom. The Hall–Kier alpha value is -2.35. The van der Waals surface area contributed by atoms with Crippen LogP contribution in [0.4, 0.5) is 10.9 Å². The van der Waals surface area contributed by atoms with Crippen molar-refractivity contribution >= 4 is 43.8 Å². The van der Waals surface area contributed by atoms with E-state index in [2.05, 4.69) is 70.7 Å². The average Bonchev–Trinajstić information content (AvgIpc) is 3.32. The number of thiazole rings is 1. The number of hydrogen-bond donors (Lipinski definition) is 1. The predicted octanol–water partition coefficient (Wildman–Crippen LogP) is 5.67. The number of nitrogens with zero attached hydrogens (tertiary/aromatic N) is 4. The molecule has 0 atom stereocenters. The first-order chi connectivity index (χ1) is 14.1. The molecule has 7 heteroatoms. The fourth-order valence-corrected chi connectivity index (χ4v) is 5.71. The Bertz CT molecular complexity index is 1160. The predicted molar refractivity (Wildman–Crippen MR) is 122 cm³/mol. The van der Waals surface area contributed by atoms with Crippen LogP contribution in [0.3, 0.4) is 0 Å². The van der Waals surface area contributed by atoms with Gasteiger partial charge in [-0.1, -0.05) is 38.1 Å². The summed E-state index contributed by atoms with van der Waals surface area (Å²) in [6, 6.07) is 8.83. The number of likely N-dealkylation sites (N-methyl/N-ethyl adjacent to an activating group) is 1. The molecule has 0 fully saturated rings. The summed E-state index contributed by atoms with van der Waals surface area (Å²) in [6.45, 7) is 6.47. The van der Waals surface area contributed by atoms with Crippen molar-refractivity contribution in [1.29, 1.82) is 0 Å². The molecule has 5 rings (SSSR count). The number of hydrogen-bond acceptors (Lipinski definition) is 7. The summed E-state index contributed by atoms with van der Waals surface area (Å²) in [6.07, 6.45) is 2.64. The van der Waals surface area contributed by atoms with Gasteiger partial charge in [-0.15, -0.1) is 22.7 Å². The van der Waals surface area contributed by atoms with Crippen molar-refractivity contribution in [3.05, 3.63) is 52.1 Å². The molecule has 4 heterocycles. The molecule has 0 bridgehead atoms. The zero-order valence-corrected chi connectivity index (χ0v) is 18.4. The van der Waals surface area contributed by atoms with Gasteiger partial charge in [0.1, 0.15) is 17.0 Å². The fourth-order valence-electron chi connectivity index (χ4n) is 3.71. The van der Waals surface area contributed by atoms with E-state index in [1.807, 2.05) is 0 Å². The molecule has 0 unspecified atom stereocenters. The van der Waals surface area contributed by atoms with E-state index in [-0.39, 0.29) is 0 Å². The van der Waals surface area contributed by atoms with Gasteiger partial charge in [-0.05, 0) is 24.1 Å². The number of fused-ring (bicyclic) bond motifs is 2. The van der Waals surface area contributed by atoms with Gasteiger partial charge in [0.05, 0.1) is 11.1 Å². The van der Waals surface area contributed by atoms with Gasteiger partial charge in [-0.25, -0.2) is 15.0 Å². The lowest BCUT2D eigenvalue weighted by molar-refractivity contribution is 0.314. The van der Waals surface area contributed by atoms with Crippen molar-refractivity contribution in [3.63, 3.8) is 0 Å². The summed E-state index contributed by atoms with van der Waals surface area (Å²) < 4.78 is 0. The van der Waals surface area contributed by atoms with Crippen LogP contribution in [0, 0.1) is 0 Å². The first-order valence-electron chi connectivity index (χ1n) is 9.85. The van der Waals surface area contributed by atoms with E-state index < -0.39 is 0 Å². The lowest BCUT2D eigenvalue weighted by atomic mass is 9.99. The van der Waals surface area contributed by atoms with Crippen LogP contribution in [-0.4, -0.2) is 33.4 Å². The van der Waals surface area contributed by atoms with Crippen LogP contribution in [-0.2, 0) is 13.0 Å². The molecule has 0 radical (unpaired) electrons. The maximum absolute atomic E-state index is 4.83. The van der Waals surface area contributed by atoms with Crippen LogP contribution in [0.25, 0.3) is 21.3 Å². The quantitative estimate of drug-likeness (QED) is 0.460. The largest absolute Gasteiger partial charge is 0.316 e. The molecule has 5 nitrogen and oxygen atoms in total. The number of rotatable bonds is 4. The first kappa shape index (κ1) is 18.7. The molecule has 1 aromatic carbocycles. The Kier molecular flexibility index (Phi) is 4.81. The minimum Gasteiger partial charge on any atom is -0.316 e. The number of thiophene rings is 1. The highest BCUT2D eigenvalue weighted by atomic mass is 32.1. The molecule has 1 N–H and O–H groups in total. The minimum absolute atomic E-state index is 0.527. The highest BCUT2D eigenvalue weighted by Crippen LogP contribution is 2.38. The smallest absolute Gasteiger partial charge is 0.188 e. The normalized spacial score (nSPS) is 14.5. The van der Waals surface area contributed by atoms with E-state index in [1.54, 1.807) is 29.0 Å². The number of aromatic nitrogens is 3. The summed E-state index contributed by atoms with van der Waals surface area (Å²) >= 11 is 3.39. The van der Waals surface area contributed by atoms with Gasteiger partial charge in [-0.3, -0.25) is 0 Å². The molecular weight excluding hydrogens is 398 g/mol. The standard InChI is InChI=1S/C22H23N5S2/c1-13(2)14-4-6-15(7-5-14)16-11-28-21-19(16)20(23-12-24-21)26-22-25-17-8-9-27(3)10-18(17)29-22/h4-7,11-13H,8-10H2,1-3H3,(H,23,24,25,26). The second-order valence-electron chi connectivity index (χ2n) is 7.83. The van der Waals surface area contributed by atoms with Crippen LogP contribution in [0.5, 0.6) is 0 Å². The summed E-state index contributed by atoms with van der Waals surface area (Å²) in [5.74, 6) is 1.36. The third-order valence-electron chi connectivity index (χ3n) is 5.41. The highest BCUT2D eigenvalue weighted by Gasteiger charge is 2.20. The van der Waals surface area contributed by atoms with Crippen molar-refractivity contribution in [2.45, 2.75) is 32.7 Å². The van der Waals surface area contributed by atoms with Crippen LogP contribution < -0.4 is 5.32 Å². The van der Waals surface area contributed by atoms with E-state index in [4.69, 9.17) is 4.98 Å². The van der Waals surface area contributed by atoms with E-state index in [0.717, 1.165) is 40.7 Å². The van der Waals surface area contributed by atoms with E-state index in [0.29, 0.717) is 5.92 Å². The van der Waals surface area contributed by atoms with Gasteiger partial charge in [0.15, 0.2) is 5.13 Å². The van der Waals surface area contributed by atoms with Gasteiger partial charge >= 0.3 is 0 Å². The molecule has 29 heavy (non-hydrogen) atoms. The summed E-state index contributed by atoms with van der Waals surface area (Å²) in [5, 5.41) is 7.65. The number of anilines is 2. The molecule has 4 aromatic rings. The van der Waals surface area contributed by atoms with Gasteiger partial charge in [0.2, 0.25) is 0 Å². The van der Waals surface area contributed by atoms with E-state index >= 15 is 0 Å². The number of benzene rings is 1. The lowest BCUT2D eigenvalue weighted by Gasteiger charge is -2.20. The average molecular weight is 422 g/mol. The van der Waals surface area contributed by atoms with Crippen molar-refractivity contribution in [1.82, 2.24) is 19.9 Å². The molecule has 1 aliphatic heterocycles. The third kappa shape index (κ3) is 3.54. The SMILES string of the molecule is CC(C)c1ccc(-c2csc3ncnc(Nc4nc5c(s4)CN(C)CC5)c23)cc1. The van der Waals surface area contributed by atoms with Crippen LogP contribution in [0.15, 0.2) is 36.0 Å². The van der Waals surface area contributed by atoms with Crippen molar-refractivity contribution < 1.29 is 0 Å². The molecule has 0 spiro atoms. The second kappa shape index (κ2) is 7.48. The molecule has 3 aromatic heterocycles. The Morgan fingerprint density at radius 2 is 1.97 bits per heavy atom. The molecule has 0 saturated carbocycles. The Balaban J connectivity index is 1.53. The van der Waals surface area contributed by atoms with Gasteiger partial charge in [-0.2, -0.15) is 0 Å². The maximum Gasteiger partial charge on any atom is 0.188 e. The molecule has 0 aliphatic carbocycles. The van der Waals surface area contributed by atoms with Gasteiger partial charge < -0.3 is 10.2 Å². The Labute approximate surface area is 178 Å². The fraction of sp³-hybridized carbons (Fsp3) is 0.318. The van der Waals surface area contributed by atoms with Crippen LogP contribution >= 0.6 is 22.7 Å².